The van der Waals surface area contributed by atoms with Gasteiger partial charge in [0.1, 0.15) is 0 Å². The molecule has 0 aliphatic carbocycles. The van der Waals surface area contributed by atoms with Crippen LogP contribution in [-0.2, 0) is 18.9 Å². The predicted octanol–water partition coefficient (Wildman–Crippen LogP) is 3.97. The third-order valence-electron chi connectivity index (χ3n) is 6.24. The third-order valence-corrected chi connectivity index (χ3v) is 8.78. The van der Waals surface area contributed by atoms with E-state index in [0.29, 0.717) is 33.3 Å². The Labute approximate surface area is 230 Å². The Kier molecular flexibility index (Phi) is 13.9. The van der Waals surface area contributed by atoms with E-state index < -0.39 is 18.7 Å². The van der Waals surface area contributed by atoms with Gasteiger partial charge in [0.15, 0.2) is 0 Å². The van der Waals surface area contributed by atoms with Gasteiger partial charge in [-0.1, -0.05) is 24.3 Å². The van der Waals surface area contributed by atoms with Crippen molar-refractivity contribution in [3.05, 3.63) is 69.8 Å². The van der Waals surface area contributed by atoms with E-state index in [1.165, 1.54) is 12.1 Å². The summed E-state index contributed by atoms with van der Waals surface area (Å²) < 4.78 is 38.0. The number of anilines is 1. The van der Waals surface area contributed by atoms with Gasteiger partial charge in [-0.2, -0.15) is 0 Å². The van der Waals surface area contributed by atoms with E-state index in [1.54, 1.807) is 12.1 Å². The molecule has 0 bridgehead atoms. The predicted molar refractivity (Wildman–Crippen MR) is 154 cm³/mol. The minimum Gasteiger partial charge on any atom is -0.258 e. The van der Waals surface area contributed by atoms with Crippen molar-refractivity contribution < 1.29 is 28.6 Å². The molecule has 0 atom stereocenters. The van der Waals surface area contributed by atoms with Crippen LogP contribution in [0, 0.1) is 10.1 Å². The van der Waals surface area contributed by atoms with E-state index in [2.05, 4.69) is 22.3 Å². The summed E-state index contributed by atoms with van der Waals surface area (Å²) in [4.78, 5) is 24.2. The standard InChI is InChI=1S/C25H32B3N3O7Si/c1-30(23-13-9-21(10-14-23)7-8-22-11-15-24(16-12-22)31(36)37)18-4-2-3-5-19-38-25(32)29-17-6-20-39(26-33,27-34)28-35/h7-16H,2-6,17-20H2,1H3,(H,29,32)/b8-7+. The zero-order chi connectivity index (χ0) is 28.5. The molecular formula is C25H32B3N3O7Si. The molecular weight excluding hydrogens is 515 g/mol. The Bertz CT molecular complexity index is 1110. The van der Waals surface area contributed by atoms with E-state index in [4.69, 9.17) is 4.74 Å². The van der Waals surface area contributed by atoms with Crippen LogP contribution in [0.15, 0.2) is 48.5 Å². The molecule has 0 saturated heterocycles. The van der Waals surface area contributed by atoms with Gasteiger partial charge in [0.05, 0.1) is 4.92 Å². The minimum atomic E-state index is -3.14. The number of nitrogens with one attached hydrogen (secondary N) is 1. The second-order valence-electron chi connectivity index (χ2n) is 9.24. The second-order valence-corrected chi connectivity index (χ2v) is 12.7. The number of hydrogen-bond acceptors (Lipinski definition) is 8. The topological polar surface area (TPSA) is 136 Å². The van der Waals surface area contributed by atoms with Gasteiger partial charge in [-0.25, -0.2) is 0 Å². The fourth-order valence-corrected chi connectivity index (χ4v) is 5.04. The van der Waals surface area contributed by atoms with Crippen molar-refractivity contribution in [3.8, 4) is 0 Å². The second kappa shape index (κ2) is 17.1. The van der Waals surface area contributed by atoms with Crippen LogP contribution in [0.2, 0.25) is 6.04 Å². The van der Waals surface area contributed by atoms with Crippen LogP contribution >= 0.6 is 0 Å². The average Bonchev–Trinajstić information content (AvgIpc) is 2.96. The molecule has 0 radical (unpaired) electrons. The first-order valence-electron chi connectivity index (χ1n) is 12.9. The molecule has 0 unspecified atom stereocenters. The smallest absolute Gasteiger partial charge is 0.258 e. The first-order chi connectivity index (χ1) is 18.8. The van der Waals surface area contributed by atoms with Crippen LogP contribution in [0.5, 0.6) is 0 Å². The maximum atomic E-state index is 11.7. The number of amides is 1. The Balaban J connectivity index is 1.57. The van der Waals surface area contributed by atoms with Crippen molar-refractivity contribution in [1.82, 2.24) is 5.32 Å². The van der Waals surface area contributed by atoms with Crippen LogP contribution in [0.1, 0.15) is 43.2 Å². The first kappa shape index (κ1) is 31.7. The van der Waals surface area contributed by atoms with Gasteiger partial charge in [0, 0.05) is 31.4 Å². The van der Waals surface area contributed by atoms with Gasteiger partial charge in [0.2, 0.25) is 0 Å². The van der Waals surface area contributed by atoms with Crippen LogP contribution < -0.4 is 10.2 Å². The quantitative estimate of drug-likeness (QED) is 0.0975. The number of carbonyl (C=O) groups excluding carboxylic acids is 1. The van der Waals surface area contributed by atoms with Crippen molar-refractivity contribution in [2.45, 2.75) is 38.1 Å². The normalized spacial score (nSPS) is 10.8. The zero-order valence-corrected chi connectivity index (χ0v) is 23.1. The average molecular weight is 547 g/mol. The summed E-state index contributed by atoms with van der Waals surface area (Å²) >= 11 is 0. The number of non-ortho nitro benzene ring substituents is 1. The Morgan fingerprint density at radius 3 is 2.05 bits per heavy atom. The Morgan fingerprint density at radius 2 is 1.49 bits per heavy atom. The summed E-state index contributed by atoms with van der Waals surface area (Å²) in [6, 6.07) is 14.8. The summed E-state index contributed by atoms with van der Waals surface area (Å²) in [6.07, 6.45) is 7.39. The van der Waals surface area contributed by atoms with Crippen molar-refractivity contribution in [2.24, 2.45) is 0 Å². The van der Waals surface area contributed by atoms with Crippen molar-refractivity contribution >= 4 is 57.5 Å². The first-order valence-corrected chi connectivity index (χ1v) is 15.3. The number of rotatable bonds is 18. The SMILES string of the molecule is CN(CCCCCCOC(=O)NCCC[Si](B=O)(B=O)B=O)c1ccc(/C=C/c2ccc([N+](=O)[O-])cc2)cc1. The molecule has 0 saturated carbocycles. The Hall–Kier alpha value is -3.54. The molecule has 1 amide bonds. The number of alkyl carbamates (subject to hydrolysis) is 1. The largest absolute Gasteiger partial charge is 0.269 e. The monoisotopic (exact) mass is 547 g/mol. The minimum absolute atomic E-state index is 0.0724. The van der Waals surface area contributed by atoms with Gasteiger partial charge in [0.25, 0.3) is 5.69 Å². The van der Waals surface area contributed by atoms with Gasteiger partial charge in [-0.15, -0.1) is 0 Å². The fourth-order valence-electron chi connectivity index (χ4n) is 3.73. The van der Waals surface area contributed by atoms with Crippen LogP contribution in [0.25, 0.3) is 12.2 Å². The summed E-state index contributed by atoms with van der Waals surface area (Å²) in [5.41, 5.74) is 3.11. The Morgan fingerprint density at radius 1 is 0.923 bits per heavy atom. The maximum Gasteiger partial charge on any atom is 0.269 e. The van der Waals surface area contributed by atoms with Crippen LogP contribution in [0.3, 0.4) is 0 Å². The zero-order valence-electron chi connectivity index (χ0n) is 22.1. The summed E-state index contributed by atoms with van der Waals surface area (Å²) in [5.74, 6) is 0. The van der Waals surface area contributed by atoms with Gasteiger partial charge in [-0.05, 0) is 35.4 Å². The number of nitro benzene ring substituents is 1. The number of benzene rings is 2. The molecule has 10 nitrogen and oxygen atoms in total. The van der Waals surface area contributed by atoms with Gasteiger partial charge < -0.3 is 4.90 Å². The molecule has 0 aliphatic rings. The molecule has 0 fully saturated rings. The number of unbranched alkanes of at least 4 members (excludes halogenated alkanes) is 3. The molecule has 39 heavy (non-hydrogen) atoms. The van der Waals surface area contributed by atoms with Crippen LogP contribution in [-0.4, -0.2) is 65.7 Å². The molecule has 2 aromatic rings. The van der Waals surface area contributed by atoms with Crippen LogP contribution in [0.4, 0.5) is 16.2 Å². The number of nitrogens with zero attached hydrogens (tertiary/aromatic N) is 2. The van der Waals surface area contributed by atoms with Gasteiger partial charge in [-0.3, -0.25) is 10.1 Å². The molecule has 0 spiro atoms. The molecule has 202 valence electrons. The van der Waals surface area contributed by atoms with Crippen molar-refractivity contribution in [2.75, 3.05) is 31.6 Å². The summed E-state index contributed by atoms with van der Waals surface area (Å²) in [7, 11) is -1.10. The number of nitro groups is 1. The summed E-state index contributed by atoms with van der Waals surface area (Å²) in [6.45, 7) is 2.84. The number of ether oxygens (including phenoxy) is 1. The van der Waals surface area contributed by atoms with E-state index in [9.17, 15) is 29.0 Å². The van der Waals surface area contributed by atoms with Gasteiger partial charge >= 0.3 is 114 Å². The van der Waals surface area contributed by atoms with E-state index in [0.717, 1.165) is 49.0 Å². The summed E-state index contributed by atoms with van der Waals surface area (Å²) in [5, 5.41) is 13.3. The van der Waals surface area contributed by atoms with E-state index in [-0.39, 0.29) is 18.3 Å². The van der Waals surface area contributed by atoms with E-state index >= 15 is 0 Å². The molecule has 1 N–H and O–H groups in total. The number of carbonyl (C=O) groups is 1. The molecule has 2 aromatic carbocycles. The van der Waals surface area contributed by atoms with E-state index in [1.807, 2.05) is 31.3 Å². The molecule has 14 heteroatoms. The molecule has 2 rings (SSSR count). The molecule has 0 heterocycles. The van der Waals surface area contributed by atoms with Crippen molar-refractivity contribution in [1.29, 1.82) is 0 Å². The maximum absolute atomic E-state index is 11.7. The van der Waals surface area contributed by atoms with Crippen molar-refractivity contribution in [3.63, 3.8) is 0 Å². The molecule has 0 aromatic heterocycles. The third kappa shape index (κ3) is 11.4. The number of hydrogen-bond donors (Lipinski definition) is 1. The molecule has 0 aliphatic heterocycles. The fraction of sp³-hybridized carbons (Fsp3) is 0.400.